The van der Waals surface area contributed by atoms with E-state index in [0.717, 1.165) is 0 Å². The standard InChI is InChI=1S/C9H15FO2/c1-5-9(4,6-10)12-8(11)7(2)3/h2,5-6H2,1,3-4H3. The second kappa shape index (κ2) is 4.24. The highest BCUT2D eigenvalue weighted by molar-refractivity contribution is 5.87. The molecule has 2 nitrogen and oxygen atoms in total. The summed E-state index contributed by atoms with van der Waals surface area (Å²) in [5.74, 6) is -0.531. The van der Waals surface area contributed by atoms with Crippen LogP contribution < -0.4 is 0 Å². The summed E-state index contributed by atoms with van der Waals surface area (Å²) in [4.78, 5) is 11.0. The van der Waals surface area contributed by atoms with Crippen LogP contribution in [0.15, 0.2) is 12.2 Å². The third kappa shape index (κ3) is 3.03. The number of carbonyl (C=O) groups excluding carboxylic acids is 1. The molecule has 0 heterocycles. The highest BCUT2D eigenvalue weighted by atomic mass is 19.1. The van der Waals surface area contributed by atoms with Crippen molar-refractivity contribution in [1.29, 1.82) is 0 Å². The Morgan fingerprint density at radius 3 is 2.42 bits per heavy atom. The lowest BCUT2D eigenvalue weighted by molar-refractivity contribution is -0.155. The van der Waals surface area contributed by atoms with Crippen molar-refractivity contribution in [2.45, 2.75) is 32.8 Å². The molecule has 1 atom stereocenters. The second-order valence-electron chi connectivity index (χ2n) is 3.11. The number of ether oxygens (including phenoxy) is 1. The van der Waals surface area contributed by atoms with Gasteiger partial charge < -0.3 is 4.74 Å². The summed E-state index contributed by atoms with van der Waals surface area (Å²) in [6.45, 7) is 7.62. The predicted molar refractivity (Wildman–Crippen MR) is 45.6 cm³/mol. The van der Waals surface area contributed by atoms with E-state index in [0.29, 0.717) is 12.0 Å². The third-order valence-corrected chi connectivity index (χ3v) is 1.72. The minimum absolute atomic E-state index is 0.295. The minimum Gasteiger partial charge on any atom is -0.453 e. The van der Waals surface area contributed by atoms with Crippen molar-refractivity contribution in [2.24, 2.45) is 0 Å². The van der Waals surface area contributed by atoms with E-state index in [4.69, 9.17) is 4.74 Å². The van der Waals surface area contributed by atoms with Crippen molar-refractivity contribution in [3.63, 3.8) is 0 Å². The van der Waals surface area contributed by atoms with Gasteiger partial charge in [0.15, 0.2) is 0 Å². The lowest BCUT2D eigenvalue weighted by Crippen LogP contribution is -2.33. The average molecular weight is 174 g/mol. The van der Waals surface area contributed by atoms with Gasteiger partial charge in [-0.3, -0.25) is 0 Å². The van der Waals surface area contributed by atoms with E-state index in [-0.39, 0.29) is 0 Å². The van der Waals surface area contributed by atoms with Crippen LogP contribution in [0.25, 0.3) is 0 Å². The molecule has 0 bridgehead atoms. The first kappa shape index (κ1) is 11.1. The largest absolute Gasteiger partial charge is 0.453 e. The Morgan fingerprint density at radius 2 is 2.17 bits per heavy atom. The van der Waals surface area contributed by atoms with Crippen LogP contribution in [-0.2, 0) is 9.53 Å². The fourth-order valence-electron chi connectivity index (χ4n) is 0.505. The monoisotopic (exact) mass is 174 g/mol. The number of esters is 1. The van der Waals surface area contributed by atoms with Gasteiger partial charge in [-0.1, -0.05) is 13.5 Å². The van der Waals surface area contributed by atoms with Crippen molar-refractivity contribution in [3.05, 3.63) is 12.2 Å². The molecular weight excluding hydrogens is 159 g/mol. The van der Waals surface area contributed by atoms with E-state index in [1.807, 2.05) is 0 Å². The Hall–Kier alpha value is -0.860. The number of halogens is 1. The van der Waals surface area contributed by atoms with E-state index in [9.17, 15) is 9.18 Å². The molecule has 1 unspecified atom stereocenters. The summed E-state index contributed by atoms with van der Waals surface area (Å²) >= 11 is 0. The number of carbonyl (C=O) groups is 1. The molecule has 0 aromatic rings. The molecule has 0 rings (SSSR count). The molecule has 3 heteroatoms. The van der Waals surface area contributed by atoms with E-state index in [2.05, 4.69) is 6.58 Å². The number of rotatable bonds is 4. The Labute approximate surface area is 72.4 Å². The lowest BCUT2D eigenvalue weighted by Gasteiger charge is -2.24. The first-order chi connectivity index (χ1) is 5.45. The normalized spacial score (nSPS) is 15.0. The molecule has 0 radical (unpaired) electrons. The summed E-state index contributed by atoms with van der Waals surface area (Å²) in [7, 11) is 0. The maximum absolute atomic E-state index is 12.4. The highest BCUT2D eigenvalue weighted by Gasteiger charge is 2.26. The molecule has 0 spiro atoms. The first-order valence-corrected chi connectivity index (χ1v) is 3.90. The summed E-state index contributed by atoms with van der Waals surface area (Å²) in [5, 5.41) is 0. The van der Waals surface area contributed by atoms with Gasteiger partial charge in [-0.05, 0) is 20.3 Å². The molecule has 0 fully saturated rings. The molecule has 0 saturated carbocycles. The molecule has 70 valence electrons. The first-order valence-electron chi connectivity index (χ1n) is 3.90. The van der Waals surface area contributed by atoms with Crippen molar-refractivity contribution >= 4 is 5.97 Å². The number of hydrogen-bond acceptors (Lipinski definition) is 2. The van der Waals surface area contributed by atoms with Crippen LogP contribution in [0.4, 0.5) is 4.39 Å². The van der Waals surface area contributed by atoms with Crippen LogP contribution in [-0.4, -0.2) is 18.2 Å². The van der Waals surface area contributed by atoms with Crippen LogP contribution in [0.5, 0.6) is 0 Å². The molecule has 0 saturated heterocycles. The molecular formula is C9H15FO2. The second-order valence-corrected chi connectivity index (χ2v) is 3.11. The Morgan fingerprint density at radius 1 is 1.67 bits per heavy atom. The Bertz CT molecular complexity index is 183. The van der Waals surface area contributed by atoms with E-state index < -0.39 is 18.2 Å². The predicted octanol–water partition coefficient (Wildman–Crippen LogP) is 2.24. The molecule has 12 heavy (non-hydrogen) atoms. The SMILES string of the molecule is C=C(C)C(=O)OC(C)(CC)CF. The molecule has 0 aromatic heterocycles. The highest BCUT2D eigenvalue weighted by Crippen LogP contribution is 2.17. The summed E-state index contributed by atoms with van der Waals surface area (Å²) < 4.78 is 17.2. The summed E-state index contributed by atoms with van der Waals surface area (Å²) in [6.07, 6.45) is 0.461. The Kier molecular flexibility index (Phi) is 3.93. The van der Waals surface area contributed by atoms with E-state index in [1.165, 1.54) is 6.92 Å². The summed E-state index contributed by atoms with van der Waals surface area (Å²) in [6, 6.07) is 0. The van der Waals surface area contributed by atoms with Gasteiger partial charge in [-0.25, -0.2) is 9.18 Å². The average Bonchev–Trinajstić information content (AvgIpc) is 2.04. The van der Waals surface area contributed by atoms with Gasteiger partial charge in [0.2, 0.25) is 0 Å². The Balaban J connectivity index is 4.21. The zero-order valence-electron chi connectivity index (χ0n) is 7.82. The maximum Gasteiger partial charge on any atom is 0.333 e. The van der Waals surface area contributed by atoms with Gasteiger partial charge in [0.25, 0.3) is 0 Å². The topological polar surface area (TPSA) is 26.3 Å². The fourth-order valence-corrected chi connectivity index (χ4v) is 0.505. The molecule has 0 aromatic carbocycles. The lowest BCUT2D eigenvalue weighted by atomic mass is 10.1. The smallest absolute Gasteiger partial charge is 0.333 e. The van der Waals surface area contributed by atoms with Gasteiger partial charge in [0, 0.05) is 5.57 Å². The van der Waals surface area contributed by atoms with Crippen LogP contribution in [0.1, 0.15) is 27.2 Å². The van der Waals surface area contributed by atoms with Crippen molar-refractivity contribution in [1.82, 2.24) is 0 Å². The van der Waals surface area contributed by atoms with Gasteiger partial charge >= 0.3 is 5.97 Å². The van der Waals surface area contributed by atoms with Gasteiger partial charge in [-0.2, -0.15) is 0 Å². The van der Waals surface area contributed by atoms with Crippen molar-refractivity contribution < 1.29 is 13.9 Å². The molecule has 0 aliphatic carbocycles. The van der Waals surface area contributed by atoms with Crippen LogP contribution >= 0.6 is 0 Å². The molecule has 0 N–H and O–H groups in total. The molecule has 0 aliphatic rings. The quantitative estimate of drug-likeness (QED) is 0.482. The van der Waals surface area contributed by atoms with Gasteiger partial charge in [0.05, 0.1) is 0 Å². The minimum atomic E-state index is -0.990. The van der Waals surface area contributed by atoms with Gasteiger partial charge in [0.1, 0.15) is 12.3 Å². The molecule has 0 amide bonds. The maximum atomic E-state index is 12.4. The van der Waals surface area contributed by atoms with Crippen LogP contribution in [0.3, 0.4) is 0 Å². The van der Waals surface area contributed by atoms with E-state index >= 15 is 0 Å². The zero-order valence-corrected chi connectivity index (χ0v) is 7.82. The molecule has 0 aliphatic heterocycles. The van der Waals surface area contributed by atoms with Crippen molar-refractivity contribution in [2.75, 3.05) is 6.67 Å². The third-order valence-electron chi connectivity index (χ3n) is 1.72. The van der Waals surface area contributed by atoms with E-state index in [1.54, 1.807) is 13.8 Å². The van der Waals surface area contributed by atoms with Gasteiger partial charge in [-0.15, -0.1) is 0 Å². The van der Waals surface area contributed by atoms with Crippen molar-refractivity contribution in [3.8, 4) is 0 Å². The number of alkyl halides is 1. The number of hydrogen-bond donors (Lipinski definition) is 0. The fraction of sp³-hybridized carbons (Fsp3) is 0.667. The van der Waals surface area contributed by atoms with Crippen LogP contribution in [0.2, 0.25) is 0 Å². The summed E-state index contributed by atoms with van der Waals surface area (Å²) in [5.41, 5.74) is -0.695. The van der Waals surface area contributed by atoms with Crippen LogP contribution in [0, 0.1) is 0 Å². The zero-order chi connectivity index (χ0) is 9.78.